The largest absolute Gasteiger partial charge is 0.395 e. The Hall–Kier alpha value is -2.79. The summed E-state index contributed by atoms with van der Waals surface area (Å²) in [5, 5.41) is 19.3. The topological polar surface area (TPSA) is 108 Å². The van der Waals surface area contributed by atoms with Gasteiger partial charge in [0.1, 0.15) is 0 Å². The zero-order chi connectivity index (χ0) is 27.4. The van der Waals surface area contributed by atoms with Gasteiger partial charge in [-0.15, -0.1) is 0 Å². The van der Waals surface area contributed by atoms with E-state index in [9.17, 15) is 18.6 Å². The van der Waals surface area contributed by atoms with Crippen LogP contribution in [0, 0.1) is 5.92 Å². The maximum atomic E-state index is 12.7. The number of sulfonamides is 1. The lowest BCUT2D eigenvalue weighted by Crippen LogP contribution is -2.46. The van der Waals surface area contributed by atoms with Crippen molar-refractivity contribution in [1.82, 2.24) is 4.90 Å². The fourth-order valence-corrected chi connectivity index (χ4v) is 6.50. The Morgan fingerprint density at radius 2 is 1.62 bits per heavy atom. The van der Waals surface area contributed by atoms with E-state index in [0.29, 0.717) is 12.2 Å². The number of hydrogen-bond acceptors (Lipinski definition) is 7. The van der Waals surface area contributed by atoms with Crippen LogP contribution in [0.15, 0.2) is 83.8 Å². The summed E-state index contributed by atoms with van der Waals surface area (Å²) >= 11 is 0. The molecule has 39 heavy (non-hydrogen) atoms. The monoisotopic (exact) mass is 552 g/mol. The Bertz CT molecular complexity index is 1320. The third kappa shape index (κ3) is 6.35. The van der Waals surface area contributed by atoms with Crippen molar-refractivity contribution in [2.24, 2.45) is 5.92 Å². The number of ether oxygens (including phenoxy) is 2. The van der Waals surface area contributed by atoms with Gasteiger partial charge < -0.3 is 19.7 Å². The van der Waals surface area contributed by atoms with E-state index >= 15 is 0 Å². The lowest BCUT2D eigenvalue weighted by atomic mass is 9.90. The highest BCUT2D eigenvalue weighted by Crippen LogP contribution is 2.42. The second kappa shape index (κ2) is 12.2. The number of hydrogen-bond donors (Lipinski definition) is 3. The summed E-state index contributed by atoms with van der Waals surface area (Å²) in [6, 6.07) is 23.2. The fourth-order valence-electron chi connectivity index (χ4n) is 5.42. The van der Waals surface area contributed by atoms with Crippen LogP contribution in [0.3, 0.4) is 0 Å². The van der Waals surface area contributed by atoms with E-state index in [4.69, 9.17) is 9.47 Å². The van der Waals surface area contributed by atoms with E-state index < -0.39 is 16.3 Å². The fraction of sp³-hybridized carbons (Fsp3) is 0.400. The number of aliphatic hydroxyl groups is 2. The molecule has 9 heteroatoms. The first-order valence-electron chi connectivity index (χ1n) is 13.4. The van der Waals surface area contributed by atoms with Crippen LogP contribution in [0.25, 0.3) is 0 Å². The van der Waals surface area contributed by atoms with Crippen molar-refractivity contribution in [3.63, 3.8) is 0 Å². The van der Waals surface area contributed by atoms with Crippen LogP contribution in [0.2, 0.25) is 0 Å². The van der Waals surface area contributed by atoms with Gasteiger partial charge in [-0.05, 0) is 54.8 Å². The van der Waals surface area contributed by atoms with Crippen LogP contribution in [0.4, 0.5) is 5.69 Å². The molecule has 3 aromatic rings. The molecule has 2 aliphatic heterocycles. The third-order valence-electron chi connectivity index (χ3n) is 7.74. The molecule has 0 radical (unpaired) electrons. The Morgan fingerprint density at radius 3 is 2.28 bits per heavy atom. The maximum Gasteiger partial charge on any atom is 0.261 e. The molecule has 5 atom stereocenters. The van der Waals surface area contributed by atoms with Gasteiger partial charge in [-0.1, -0.05) is 61.5 Å². The number of aliphatic hydroxyl groups excluding tert-OH is 2. The van der Waals surface area contributed by atoms with Crippen molar-refractivity contribution in [1.29, 1.82) is 0 Å². The molecule has 0 bridgehead atoms. The highest BCUT2D eigenvalue weighted by atomic mass is 32.2. The molecule has 2 heterocycles. The summed E-state index contributed by atoms with van der Waals surface area (Å²) < 4.78 is 41.1. The molecule has 3 aromatic carbocycles. The zero-order valence-electron chi connectivity index (χ0n) is 22.0. The van der Waals surface area contributed by atoms with Gasteiger partial charge in [0.2, 0.25) is 0 Å². The summed E-state index contributed by atoms with van der Waals surface area (Å²) in [5.74, 6) is 0.0399. The molecule has 0 spiro atoms. The van der Waals surface area contributed by atoms with Gasteiger partial charge in [-0.25, -0.2) is 8.42 Å². The predicted molar refractivity (Wildman–Crippen MR) is 148 cm³/mol. The van der Waals surface area contributed by atoms with Crippen molar-refractivity contribution in [3.05, 3.63) is 95.6 Å². The van der Waals surface area contributed by atoms with E-state index in [-0.39, 0.29) is 42.3 Å². The lowest BCUT2D eigenvalue weighted by molar-refractivity contribution is -0.276. The zero-order valence-corrected chi connectivity index (χ0v) is 22.8. The van der Waals surface area contributed by atoms with Crippen LogP contribution >= 0.6 is 0 Å². The Balaban J connectivity index is 1.37. The number of nitrogens with one attached hydrogen (secondary N) is 1. The van der Waals surface area contributed by atoms with Crippen LogP contribution in [0.1, 0.15) is 48.8 Å². The van der Waals surface area contributed by atoms with Crippen LogP contribution < -0.4 is 4.72 Å². The quantitative estimate of drug-likeness (QED) is 0.365. The average Bonchev–Trinajstić information content (AvgIpc) is 3.42. The second-order valence-electron chi connectivity index (χ2n) is 10.3. The number of likely N-dealkylation sites (tertiary alicyclic amines) is 1. The Labute approximate surface area is 230 Å². The first kappa shape index (κ1) is 27.8. The molecular formula is C30H36N2O6S. The average molecular weight is 553 g/mol. The Kier molecular flexibility index (Phi) is 8.66. The summed E-state index contributed by atoms with van der Waals surface area (Å²) in [6.45, 7) is 3.85. The van der Waals surface area contributed by atoms with Gasteiger partial charge in [-0.3, -0.25) is 9.62 Å². The van der Waals surface area contributed by atoms with Crippen LogP contribution in [0.5, 0.6) is 0 Å². The predicted octanol–water partition coefficient (Wildman–Crippen LogP) is 4.23. The van der Waals surface area contributed by atoms with Crippen molar-refractivity contribution < 1.29 is 28.1 Å². The van der Waals surface area contributed by atoms with Gasteiger partial charge in [0, 0.05) is 29.8 Å². The van der Waals surface area contributed by atoms with Crippen molar-refractivity contribution >= 4 is 15.7 Å². The van der Waals surface area contributed by atoms with Gasteiger partial charge in [0.15, 0.2) is 6.29 Å². The summed E-state index contributed by atoms with van der Waals surface area (Å²) in [7, 11) is -3.70. The van der Waals surface area contributed by atoms with Crippen molar-refractivity contribution in [2.45, 2.75) is 55.8 Å². The van der Waals surface area contributed by atoms with E-state index in [0.717, 1.165) is 36.1 Å². The standard InChI is InChI=1S/C30H36N2O6S/c1-21-28(18-32-17-5-6-26(32)20-34)37-30(38-29(21)23-11-9-22(19-33)10-12-23)24-13-15-25(16-14-24)31-39(35,36)27-7-3-2-4-8-27/h2-4,7-16,21,26,28-31,33-34H,5-6,17-20H2,1H3/t21-,26-,28+,29+,30+/m0/s1. The van der Waals surface area contributed by atoms with E-state index in [2.05, 4.69) is 16.5 Å². The number of anilines is 1. The summed E-state index contributed by atoms with van der Waals surface area (Å²) in [5.41, 5.74) is 3.07. The Morgan fingerprint density at radius 1 is 0.923 bits per heavy atom. The number of benzene rings is 3. The minimum Gasteiger partial charge on any atom is -0.395 e. The molecule has 0 saturated carbocycles. The maximum absolute atomic E-state index is 12.7. The molecule has 0 aliphatic carbocycles. The van der Waals surface area contributed by atoms with E-state index in [1.807, 2.05) is 36.4 Å². The first-order chi connectivity index (χ1) is 18.9. The molecule has 3 N–H and O–H groups in total. The van der Waals surface area contributed by atoms with Crippen LogP contribution in [-0.4, -0.2) is 55.4 Å². The van der Waals surface area contributed by atoms with Crippen molar-refractivity contribution in [3.8, 4) is 0 Å². The second-order valence-corrected chi connectivity index (χ2v) is 12.0. The van der Waals surface area contributed by atoms with Gasteiger partial charge >= 0.3 is 0 Å². The first-order valence-corrected chi connectivity index (χ1v) is 14.9. The van der Waals surface area contributed by atoms with Gasteiger partial charge in [0.05, 0.1) is 30.3 Å². The SMILES string of the molecule is C[C@H]1[C@@H](CN2CCC[C@H]2CO)O[C@@H](c2ccc(NS(=O)(=O)c3ccccc3)cc2)O[C@H]1c1ccc(CO)cc1. The lowest BCUT2D eigenvalue weighted by Gasteiger charge is -2.43. The smallest absolute Gasteiger partial charge is 0.261 e. The molecular weight excluding hydrogens is 516 g/mol. The minimum absolute atomic E-state index is 0.0202. The van der Waals surface area contributed by atoms with E-state index in [1.165, 1.54) is 0 Å². The molecule has 2 fully saturated rings. The number of nitrogens with zero attached hydrogens (tertiary/aromatic N) is 1. The highest BCUT2D eigenvalue weighted by Gasteiger charge is 2.40. The molecule has 5 rings (SSSR count). The van der Waals surface area contributed by atoms with Crippen molar-refractivity contribution in [2.75, 3.05) is 24.4 Å². The molecule has 8 nitrogen and oxygen atoms in total. The summed E-state index contributed by atoms with van der Waals surface area (Å²) in [6.07, 6.45) is 0.995. The van der Waals surface area contributed by atoms with Gasteiger partial charge in [-0.2, -0.15) is 0 Å². The van der Waals surface area contributed by atoms with Crippen LogP contribution in [-0.2, 0) is 26.1 Å². The molecule has 208 valence electrons. The summed E-state index contributed by atoms with van der Waals surface area (Å²) in [4.78, 5) is 2.50. The molecule has 2 saturated heterocycles. The minimum atomic E-state index is -3.70. The number of rotatable bonds is 9. The molecule has 2 aliphatic rings. The highest BCUT2D eigenvalue weighted by molar-refractivity contribution is 7.92. The molecule has 0 aromatic heterocycles. The van der Waals surface area contributed by atoms with Gasteiger partial charge in [0.25, 0.3) is 10.0 Å². The van der Waals surface area contributed by atoms with E-state index in [1.54, 1.807) is 42.5 Å². The molecule has 0 amide bonds. The third-order valence-corrected chi connectivity index (χ3v) is 9.13. The normalized spacial score (nSPS) is 26.0. The molecule has 0 unspecified atom stereocenters.